The Morgan fingerprint density at radius 2 is 1.77 bits per heavy atom. The number of methoxy groups -OCH3 is 1. The van der Waals surface area contributed by atoms with Gasteiger partial charge in [-0.2, -0.15) is 0 Å². The van der Waals surface area contributed by atoms with E-state index in [1.54, 1.807) is 7.11 Å². The summed E-state index contributed by atoms with van der Waals surface area (Å²) >= 11 is 0. The van der Waals surface area contributed by atoms with E-state index >= 15 is 0 Å². The lowest BCUT2D eigenvalue weighted by Crippen LogP contribution is -2.54. The summed E-state index contributed by atoms with van der Waals surface area (Å²) in [4.78, 5) is 27.3. The molecule has 0 aromatic heterocycles. The largest absolute Gasteiger partial charge is 0.384 e. The molecule has 1 aromatic carbocycles. The first kappa shape index (κ1) is 26.7. The van der Waals surface area contributed by atoms with Crippen molar-refractivity contribution in [1.29, 1.82) is 0 Å². The van der Waals surface area contributed by atoms with Gasteiger partial charge in [0.1, 0.15) is 0 Å². The zero-order chi connectivity index (χ0) is 19.8. The lowest BCUT2D eigenvalue weighted by atomic mass is 9.78. The number of hydrogen-bond acceptors (Lipinski definition) is 5. The standard InChI is InChI=1S/C21H32N4O3.2ClH/c1-28-16-21(9-11-22-12-10-21)20(27)24-18-7-13-25(14-8-18)15-19(26)23-17-5-3-2-4-6-17;;/h2-6,18,22H,7-16H2,1H3,(H,23,26)(H,24,27);2*1H. The number of nitrogens with zero attached hydrogens (tertiary/aromatic N) is 1. The maximum Gasteiger partial charge on any atom is 0.238 e. The Hall–Kier alpha value is -1.38. The van der Waals surface area contributed by atoms with Crippen LogP contribution in [0.3, 0.4) is 0 Å². The maximum atomic E-state index is 12.9. The van der Waals surface area contributed by atoms with Crippen molar-refractivity contribution in [2.45, 2.75) is 31.7 Å². The normalized spacial score (nSPS) is 19.1. The molecule has 170 valence electrons. The Morgan fingerprint density at radius 1 is 1.13 bits per heavy atom. The molecule has 2 aliphatic heterocycles. The van der Waals surface area contributed by atoms with Crippen molar-refractivity contribution in [3.63, 3.8) is 0 Å². The summed E-state index contributed by atoms with van der Waals surface area (Å²) in [6.07, 6.45) is 3.35. The van der Waals surface area contributed by atoms with Gasteiger partial charge in [-0.3, -0.25) is 14.5 Å². The molecule has 2 heterocycles. The maximum absolute atomic E-state index is 12.9. The van der Waals surface area contributed by atoms with Gasteiger partial charge in [0.2, 0.25) is 11.8 Å². The van der Waals surface area contributed by atoms with Gasteiger partial charge < -0.3 is 20.7 Å². The first-order valence-corrected chi connectivity index (χ1v) is 10.2. The molecule has 9 heteroatoms. The monoisotopic (exact) mass is 460 g/mol. The summed E-state index contributed by atoms with van der Waals surface area (Å²) in [6.45, 7) is 4.18. The van der Waals surface area contributed by atoms with Crippen LogP contribution in [0.4, 0.5) is 5.69 Å². The van der Waals surface area contributed by atoms with E-state index in [-0.39, 0.29) is 42.7 Å². The van der Waals surface area contributed by atoms with Crippen molar-refractivity contribution in [3.05, 3.63) is 30.3 Å². The van der Waals surface area contributed by atoms with Gasteiger partial charge in [-0.25, -0.2) is 0 Å². The topological polar surface area (TPSA) is 82.7 Å². The van der Waals surface area contributed by atoms with Crippen LogP contribution in [0.2, 0.25) is 0 Å². The zero-order valence-corrected chi connectivity index (χ0v) is 19.2. The average Bonchev–Trinajstić information content (AvgIpc) is 2.71. The molecule has 0 aliphatic carbocycles. The van der Waals surface area contributed by atoms with Crippen LogP contribution in [-0.4, -0.2) is 69.2 Å². The Labute approximate surface area is 191 Å². The van der Waals surface area contributed by atoms with Crippen LogP contribution in [0, 0.1) is 5.41 Å². The van der Waals surface area contributed by atoms with Crippen molar-refractivity contribution in [2.24, 2.45) is 5.41 Å². The molecule has 0 radical (unpaired) electrons. The van der Waals surface area contributed by atoms with Gasteiger partial charge in [-0.15, -0.1) is 24.8 Å². The summed E-state index contributed by atoms with van der Waals surface area (Å²) in [7, 11) is 1.66. The molecule has 30 heavy (non-hydrogen) atoms. The van der Waals surface area contributed by atoms with Crippen LogP contribution in [-0.2, 0) is 14.3 Å². The second-order valence-electron chi connectivity index (χ2n) is 7.90. The molecule has 3 N–H and O–H groups in total. The lowest BCUT2D eigenvalue weighted by molar-refractivity contribution is -0.137. The smallest absolute Gasteiger partial charge is 0.238 e. The molecule has 1 aromatic rings. The van der Waals surface area contributed by atoms with E-state index in [9.17, 15) is 9.59 Å². The number of benzene rings is 1. The van der Waals surface area contributed by atoms with Crippen molar-refractivity contribution in [2.75, 3.05) is 51.8 Å². The molecule has 0 saturated carbocycles. The molecule has 0 bridgehead atoms. The number of piperidine rings is 2. The Kier molecular flexibility index (Phi) is 11.7. The van der Waals surface area contributed by atoms with Gasteiger partial charge in [0.15, 0.2) is 0 Å². The highest BCUT2D eigenvalue weighted by Crippen LogP contribution is 2.30. The minimum absolute atomic E-state index is 0. The number of ether oxygens (including phenoxy) is 1. The van der Waals surface area contributed by atoms with E-state index in [0.29, 0.717) is 13.2 Å². The number of rotatable bonds is 7. The fourth-order valence-corrected chi connectivity index (χ4v) is 4.12. The Balaban J connectivity index is 0.00000225. The highest BCUT2D eigenvalue weighted by atomic mass is 35.5. The number of likely N-dealkylation sites (tertiary alicyclic amines) is 1. The fourth-order valence-electron chi connectivity index (χ4n) is 4.12. The van der Waals surface area contributed by atoms with Gasteiger partial charge in [0, 0.05) is 31.9 Å². The van der Waals surface area contributed by atoms with Gasteiger partial charge in [-0.1, -0.05) is 18.2 Å². The minimum atomic E-state index is -0.410. The van der Waals surface area contributed by atoms with Gasteiger partial charge in [-0.05, 0) is 50.9 Å². The van der Waals surface area contributed by atoms with E-state index in [1.807, 2.05) is 30.3 Å². The molecular weight excluding hydrogens is 427 g/mol. The summed E-state index contributed by atoms with van der Waals surface area (Å²) in [6, 6.07) is 9.68. The SMILES string of the molecule is COCC1(C(=O)NC2CCN(CC(=O)Nc3ccccc3)CC2)CCNCC1.Cl.Cl. The number of anilines is 1. The Morgan fingerprint density at radius 3 is 2.37 bits per heavy atom. The number of amides is 2. The van der Waals surface area contributed by atoms with Crippen molar-refractivity contribution in [1.82, 2.24) is 15.5 Å². The number of carbonyl (C=O) groups excluding carboxylic acids is 2. The zero-order valence-electron chi connectivity index (χ0n) is 17.5. The van der Waals surface area contributed by atoms with Crippen molar-refractivity contribution >= 4 is 42.3 Å². The van der Waals surface area contributed by atoms with Crippen LogP contribution in [0.5, 0.6) is 0 Å². The highest BCUT2D eigenvalue weighted by Gasteiger charge is 2.40. The first-order chi connectivity index (χ1) is 13.6. The van der Waals surface area contributed by atoms with E-state index < -0.39 is 5.41 Å². The fraction of sp³-hybridized carbons (Fsp3) is 0.619. The lowest BCUT2D eigenvalue weighted by Gasteiger charge is -2.38. The quantitative estimate of drug-likeness (QED) is 0.579. The van der Waals surface area contributed by atoms with Crippen molar-refractivity contribution < 1.29 is 14.3 Å². The summed E-state index contributed by atoms with van der Waals surface area (Å²) in [5, 5.41) is 9.50. The van der Waals surface area contributed by atoms with Crippen LogP contribution in [0.1, 0.15) is 25.7 Å². The third-order valence-corrected chi connectivity index (χ3v) is 5.81. The van der Waals surface area contributed by atoms with E-state index in [4.69, 9.17) is 4.74 Å². The molecule has 0 unspecified atom stereocenters. The molecule has 3 rings (SSSR count). The predicted octanol–water partition coefficient (Wildman–Crippen LogP) is 2.07. The van der Waals surface area contributed by atoms with Gasteiger partial charge >= 0.3 is 0 Å². The molecule has 2 amide bonds. The van der Waals surface area contributed by atoms with Crippen LogP contribution in [0.15, 0.2) is 30.3 Å². The molecule has 0 spiro atoms. The minimum Gasteiger partial charge on any atom is -0.384 e. The molecule has 2 aliphatic rings. The van der Waals surface area contributed by atoms with E-state index in [2.05, 4.69) is 20.9 Å². The van der Waals surface area contributed by atoms with Crippen LogP contribution < -0.4 is 16.0 Å². The third-order valence-electron chi connectivity index (χ3n) is 5.81. The second-order valence-corrected chi connectivity index (χ2v) is 7.90. The second kappa shape index (κ2) is 13.1. The van der Waals surface area contributed by atoms with E-state index in [0.717, 1.165) is 57.5 Å². The van der Waals surface area contributed by atoms with Crippen LogP contribution >= 0.6 is 24.8 Å². The van der Waals surface area contributed by atoms with Crippen LogP contribution in [0.25, 0.3) is 0 Å². The highest BCUT2D eigenvalue weighted by molar-refractivity contribution is 5.92. The number of hydrogen-bond donors (Lipinski definition) is 3. The van der Waals surface area contributed by atoms with Crippen molar-refractivity contribution in [3.8, 4) is 0 Å². The van der Waals surface area contributed by atoms with Gasteiger partial charge in [0.05, 0.1) is 18.6 Å². The first-order valence-electron chi connectivity index (χ1n) is 10.2. The summed E-state index contributed by atoms with van der Waals surface area (Å²) < 4.78 is 5.36. The molecule has 2 saturated heterocycles. The number of carbonyl (C=O) groups is 2. The average molecular weight is 461 g/mol. The number of para-hydroxylation sites is 1. The summed E-state index contributed by atoms with van der Waals surface area (Å²) in [5.41, 5.74) is 0.409. The molecular formula is C21H34Cl2N4O3. The third kappa shape index (κ3) is 7.39. The number of nitrogens with one attached hydrogen (secondary N) is 3. The van der Waals surface area contributed by atoms with E-state index in [1.165, 1.54) is 0 Å². The van der Waals surface area contributed by atoms with Gasteiger partial charge in [0.25, 0.3) is 0 Å². The molecule has 7 nitrogen and oxygen atoms in total. The number of halogens is 2. The summed E-state index contributed by atoms with van der Waals surface area (Å²) in [5.74, 6) is 0.124. The molecule has 2 fully saturated rings. The Bertz CT molecular complexity index is 643. The predicted molar refractivity (Wildman–Crippen MR) is 124 cm³/mol. The molecule has 0 atom stereocenters.